The van der Waals surface area contributed by atoms with Crippen LogP contribution in [-0.2, 0) is 0 Å². The lowest BCUT2D eigenvalue weighted by Crippen LogP contribution is -2.03. The molecule has 2 rings (SSSR count). The Labute approximate surface area is 91.2 Å². The molecule has 13 heavy (non-hydrogen) atoms. The summed E-state index contributed by atoms with van der Waals surface area (Å²) in [5.74, 6) is 0. The van der Waals surface area contributed by atoms with Crippen molar-refractivity contribution in [3.8, 4) is 0 Å². The first-order valence-corrected chi connectivity index (χ1v) is 5.24. The van der Waals surface area contributed by atoms with Gasteiger partial charge in [-0.15, -0.1) is 0 Å². The molecule has 1 heterocycles. The lowest BCUT2D eigenvalue weighted by Gasteiger charge is -1.99. The predicted octanol–water partition coefficient (Wildman–Crippen LogP) is 3.05. The number of pyridine rings is 1. The van der Waals surface area contributed by atoms with Gasteiger partial charge in [0.1, 0.15) is 0 Å². The first-order valence-electron chi connectivity index (χ1n) is 3.65. The van der Waals surface area contributed by atoms with Gasteiger partial charge in [0, 0.05) is 16.1 Å². The van der Waals surface area contributed by atoms with Crippen molar-refractivity contribution in [1.29, 1.82) is 0 Å². The van der Waals surface area contributed by atoms with Gasteiger partial charge in [0.05, 0.1) is 9.99 Å². The molecule has 0 aliphatic carbocycles. The molecular weight excluding hydrogens is 298 g/mol. The van der Waals surface area contributed by atoms with Gasteiger partial charge in [0.15, 0.2) is 0 Å². The van der Waals surface area contributed by atoms with Crippen molar-refractivity contribution in [3.63, 3.8) is 0 Å². The molecule has 0 amide bonds. The summed E-state index contributed by atoms with van der Waals surface area (Å²) in [6.45, 7) is 0. The molecule has 0 spiro atoms. The molecule has 0 saturated carbocycles. The van der Waals surface area contributed by atoms with Crippen LogP contribution < -0.4 is 5.43 Å². The SMILES string of the molecule is O=c1c(Br)c[nH]c2c(Br)cccc12. The topological polar surface area (TPSA) is 32.9 Å². The van der Waals surface area contributed by atoms with Crippen LogP contribution >= 0.6 is 31.9 Å². The van der Waals surface area contributed by atoms with Crippen LogP contribution in [-0.4, -0.2) is 4.98 Å². The molecule has 0 aliphatic heterocycles. The van der Waals surface area contributed by atoms with E-state index in [0.29, 0.717) is 9.86 Å². The fraction of sp³-hybridized carbons (Fsp3) is 0. The molecule has 1 N–H and O–H groups in total. The molecule has 2 nitrogen and oxygen atoms in total. The van der Waals surface area contributed by atoms with E-state index in [-0.39, 0.29) is 5.43 Å². The zero-order chi connectivity index (χ0) is 9.42. The molecule has 0 atom stereocenters. The zero-order valence-electron chi connectivity index (χ0n) is 6.47. The van der Waals surface area contributed by atoms with Gasteiger partial charge in [-0.3, -0.25) is 4.79 Å². The molecule has 0 saturated heterocycles. The molecule has 0 aliphatic rings. The molecule has 0 radical (unpaired) electrons. The van der Waals surface area contributed by atoms with Gasteiger partial charge in [0.2, 0.25) is 5.43 Å². The van der Waals surface area contributed by atoms with E-state index in [1.165, 1.54) is 0 Å². The van der Waals surface area contributed by atoms with Crippen molar-refractivity contribution < 1.29 is 0 Å². The number of para-hydroxylation sites is 1. The van der Waals surface area contributed by atoms with Crippen LogP contribution in [0.4, 0.5) is 0 Å². The lowest BCUT2D eigenvalue weighted by atomic mass is 10.2. The van der Waals surface area contributed by atoms with E-state index in [9.17, 15) is 4.79 Å². The maximum Gasteiger partial charge on any atom is 0.203 e. The second-order valence-corrected chi connectivity index (χ2v) is 4.34. The van der Waals surface area contributed by atoms with Gasteiger partial charge in [-0.2, -0.15) is 0 Å². The first kappa shape index (κ1) is 8.97. The molecule has 4 heteroatoms. The Morgan fingerprint density at radius 2 is 1.92 bits per heavy atom. The standard InChI is InChI=1S/C9H5Br2NO/c10-6-3-1-2-5-8(6)12-4-7(11)9(5)13/h1-4H,(H,12,13). The summed E-state index contributed by atoms with van der Waals surface area (Å²) >= 11 is 6.55. The number of nitrogens with one attached hydrogen (secondary N) is 1. The first-order chi connectivity index (χ1) is 6.20. The fourth-order valence-corrected chi connectivity index (χ4v) is 2.00. The van der Waals surface area contributed by atoms with Crippen LogP contribution in [0, 0.1) is 0 Å². The molecule has 0 bridgehead atoms. The van der Waals surface area contributed by atoms with Crippen molar-refractivity contribution >= 4 is 42.8 Å². The highest BCUT2D eigenvalue weighted by atomic mass is 79.9. The summed E-state index contributed by atoms with van der Waals surface area (Å²) in [6, 6.07) is 5.53. The highest BCUT2D eigenvalue weighted by Crippen LogP contribution is 2.20. The number of H-pyrrole nitrogens is 1. The Hall–Kier alpha value is -0.610. The maximum atomic E-state index is 11.6. The highest BCUT2D eigenvalue weighted by molar-refractivity contribution is 9.11. The molecule has 66 valence electrons. The van der Waals surface area contributed by atoms with E-state index in [1.807, 2.05) is 12.1 Å². The van der Waals surface area contributed by atoms with E-state index in [0.717, 1.165) is 9.99 Å². The van der Waals surface area contributed by atoms with Gasteiger partial charge in [-0.1, -0.05) is 6.07 Å². The second-order valence-electron chi connectivity index (χ2n) is 2.63. The molecule has 2 aromatic rings. The number of benzene rings is 1. The number of hydrogen-bond acceptors (Lipinski definition) is 1. The minimum Gasteiger partial charge on any atom is -0.359 e. The van der Waals surface area contributed by atoms with Crippen LogP contribution in [0.25, 0.3) is 10.9 Å². The molecule has 1 aromatic heterocycles. The Bertz CT molecular complexity index is 518. The average Bonchev–Trinajstić information content (AvgIpc) is 2.12. The number of aromatic amines is 1. The number of aromatic nitrogens is 1. The van der Waals surface area contributed by atoms with Crippen LogP contribution in [0.2, 0.25) is 0 Å². The smallest absolute Gasteiger partial charge is 0.203 e. The number of fused-ring (bicyclic) bond motifs is 1. The average molecular weight is 303 g/mol. The molecule has 0 fully saturated rings. The molecular formula is C9H5Br2NO. The third-order valence-electron chi connectivity index (χ3n) is 1.82. The van der Waals surface area contributed by atoms with E-state index < -0.39 is 0 Å². The summed E-state index contributed by atoms with van der Waals surface area (Å²) in [5.41, 5.74) is 0.839. The second kappa shape index (κ2) is 3.27. The van der Waals surface area contributed by atoms with Crippen molar-refractivity contribution in [2.45, 2.75) is 0 Å². The summed E-state index contributed by atoms with van der Waals surface area (Å²) in [5, 5.41) is 0.684. The Morgan fingerprint density at radius 1 is 1.15 bits per heavy atom. The highest BCUT2D eigenvalue weighted by Gasteiger charge is 2.03. The van der Waals surface area contributed by atoms with Crippen molar-refractivity contribution in [3.05, 3.63) is 43.6 Å². The van der Waals surface area contributed by atoms with Crippen molar-refractivity contribution in [2.75, 3.05) is 0 Å². The van der Waals surface area contributed by atoms with Gasteiger partial charge in [0.25, 0.3) is 0 Å². The zero-order valence-corrected chi connectivity index (χ0v) is 9.65. The van der Waals surface area contributed by atoms with Gasteiger partial charge < -0.3 is 4.98 Å². The van der Waals surface area contributed by atoms with Crippen molar-refractivity contribution in [2.24, 2.45) is 0 Å². The Balaban J connectivity index is 3.03. The summed E-state index contributed by atoms with van der Waals surface area (Å²) in [6.07, 6.45) is 1.65. The van der Waals surface area contributed by atoms with Gasteiger partial charge in [-0.25, -0.2) is 0 Å². The minimum absolute atomic E-state index is 0.00931. The Morgan fingerprint density at radius 3 is 2.69 bits per heavy atom. The van der Waals surface area contributed by atoms with Crippen LogP contribution in [0.1, 0.15) is 0 Å². The third-order valence-corrected chi connectivity index (χ3v) is 3.07. The van der Waals surface area contributed by atoms with E-state index in [1.54, 1.807) is 12.3 Å². The van der Waals surface area contributed by atoms with E-state index in [2.05, 4.69) is 36.8 Å². The van der Waals surface area contributed by atoms with Crippen molar-refractivity contribution in [1.82, 2.24) is 4.98 Å². The third kappa shape index (κ3) is 1.44. The van der Waals surface area contributed by atoms with Gasteiger partial charge >= 0.3 is 0 Å². The van der Waals surface area contributed by atoms with E-state index in [4.69, 9.17) is 0 Å². The van der Waals surface area contributed by atoms with Crippen LogP contribution in [0.3, 0.4) is 0 Å². The van der Waals surface area contributed by atoms with Gasteiger partial charge in [-0.05, 0) is 44.0 Å². The summed E-state index contributed by atoms with van der Waals surface area (Å²) in [7, 11) is 0. The predicted molar refractivity (Wildman–Crippen MR) is 60.0 cm³/mol. The Kier molecular flexibility index (Phi) is 2.26. The minimum atomic E-state index is 0.00931. The normalized spacial score (nSPS) is 10.6. The lowest BCUT2D eigenvalue weighted by molar-refractivity contribution is 1.35. The van der Waals surface area contributed by atoms with Crippen LogP contribution in [0.5, 0.6) is 0 Å². The monoisotopic (exact) mass is 301 g/mol. The van der Waals surface area contributed by atoms with Crippen LogP contribution in [0.15, 0.2) is 38.1 Å². The summed E-state index contributed by atoms with van der Waals surface area (Å²) in [4.78, 5) is 14.6. The molecule has 1 aromatic carbocycles. The van der Waals surface area contributed by atoms with E-state index >= 15 is 0 Å². The number of rotatable bonds is 0. The molecule has 0 unspecified atom stereocenters. The fourth-order valence-electron chi connectivity index (χ4n) is 1.19. The largest absolute Gasteiger partial charge is 0.359 e. The quantitative estimate of drug-likeness (QED) is 0.797. The number of hydrogen-bond donors (Lipinski definition) is 1. The maximum absolute atomic E-state index is 11.6. The summed E-state index contributed by atoms with van der Waals surface area (Å²) < 4.78 is 1.45. The number of halogens is 2.